The van der Waals surface area contributed by atoms with Gasteiger partial charge in [0.15, 0.2) is 0 Å². The fourth-order valence-electron chi connectivity index (χ4n) is 7.41. The Morgan fingerprint density at radius 3 is 1.56 bits per heavy atom. The van der Waals surface area contributed by atoms with Gasteiger partial charge in [-0.25, -0.2) is 0 Å². The van der Waals surface area contributed by atoms with E-state index in [-0.39, 0.29) is 0 Å². The average molecular weight is 618 g/mol. The summed E-state index contributed by atoms with van der Waals surface area (Å²) >= 11 is 0. The van der Waals surface area contributed by atoms with Gasteiger partial charge in [-0.15, -0.1) is 0 Å². The van der Waals surface area contributed by atoms with Crippen molar-refractivity contribution in [3.05, 3.63) is 198 Å². The normalized spacial score (nSPS) is 12.0. The lowest BCUT2D eigenvalue weighted by atomic mass is 9.84. The summed E-state index contributed by atoms with van der Waals surface area (Å²) in [4.78, 5) is 2.41. The Kier molecular flexibility index (Phi) is 7.96. The van der Waals surface area contributed by atoms with E-state index < -0.39 is 0 Å². The number of fused-ring (bicyclic) bond motifs is 5. The van der Waals surface area contributed by atoms with Gasteiger partial charge in [-0.05, 0) is 107 Å². The number of rotatable bonds is 8. The Bertz CT molecular complexity index is 2340. The standard InChI is InChI=1S/C47H39N/c1-33-21-25-36(26-22-33)40(35-13-5-3-6-14-35)30-27-37-31-45-43-19-11-12-20-44(43)47(32-46(45)42-18-10-9-17-41(37)42)48(38-15-7-4-8-16-38)39-28-23-34(2)24-29-39/h3-26,28-29,31-32,40H,27,30H2,1-2H3. The van der Waals surface area contributed by atoms with Crippen molar-refractivity contribution in [1.29, 1.82) is 0 Å². The molecule has 8 aromatic rings. The quantitative estimate of drug-likeness (QED) is 0.153. The molecule has 0 radical (unpaired) electrons. The largest absolute Gasteiger partial charge is 0.310 e. The summed E-state index contributed by atoms with van der Waals surface area (Å²) in [5.74, 6) is 0.328. The molecule has 0 spiro atoms. The molecule has 0 saturated heterocycles. The zero-order valence-electron chi connectivity index (χ0n) is 27.6. The minimum atomic E-state index is 0.328. The Morgan fingerprint density at radius 2 is 0.896 bits per heavy atom. The van der Waals surface area contributed by atoms with Crippen molar-refractivity contribution in [3.8, 4) is 0 Å². The van der Waals surface area contributed by atoms with Crippen LogP contribution < -0.4 is 4.90 Å². The first kappa shape index (κ1) is 29.7. The summed E-state index contributed by atoms with van der Waals surface area (Å²) in [6, 6.07) is 62.6. The molecule has 0 heterocycles. The third-order valence-electron chi connectivity index (χ3n) is 9.88. The summed E-state index contributed by atoms with van der Waals surface area (Å²) in [7, 11) is 0. The molecule has 1 heteroatoms. The first-order chi connectivity index (χ1) is 23.6. The molecule has 0 bridgehead atoms. The van der Waals surface area contributed by atoms with E-state index in [4.69, 9.17) is 0 Å². The van der Waals surface area contributed by atoms with Gasteiger partial charge < -0.3 is 4.90 Å². The molecule has 0 aromatic heterocycles. The van der Waals surface area contributed by atoms with Crippen molar-refractivity contribution in [3.63, 3.8) is 0 Å². The van der Waals surface area contributed by atoms with E-state index in [0.29, 0.717) is 5.92 Å². The number of benzene rings is 8. The van der Waals surface area contributed by atoms with E-state index in [1.807, 2.05) is 0 Å². The number of hydrogen-bond acceptors (Lipinski definition) is 1. The highest BCUT2D eigenvalue weighted by Crippen LogP contribution is 2.44. The van der Waals surface area contributed by atoms with E-state index in [2.05, 4.69) is 189 Å². The summed E-state index contributed by atoms with van der Waals surface area (Å²) in [6.45, 7) is 4.31. The summed E-state index contributed by atoms with van der Waals surface area (Å²) < 4.78 is 0. The predicted octanol–water partition coefficient (Wildman–Crippen LogP) is 13.0. The second-order valence-electron chi connectivity index (χ2n) is 13.0. The highest BCUT2D eigenvalue weighted by molar-refractivity contribution is 6.22. The summed E-state index contributed by atoms with van der Waals surface area (Å²) in [5, 5.41) is 7.77. The molecule has 0 aliphatic heterocycles. The zero-order chi connectivity index (χ0) is 32.5. The second-order valence-corrected chi connectivity index (χ2v) is 13.0. The lowest BCUT2D eigenvalue weighted by Gasteiger charge is -2.28. The minimum Gasteiger partial charge on any atom is -0.310 e. The van der Waals surface area contributed by atoms with Gasteiger partial charge in [0, 0.05) is 22.7 Å². The third kappa shape index (κ3) is 5.63. The van der Waals surface area contributed by atoms with Gasteiger partial charge in [0.25, 0.3) is 0 Å². The number of nitrogens with zero attached hydrogens (tertiary/aromatic N) is 1. The van der Waals surface area contributed by atoms with Gasteiger partial charge >= 0.3 is 0 Å². The van der Waals surface area contributed by atoms with Gasteiger partial charge in [0.2, 0.25) is 0 Å². The van der Waals surface area contributed by atoms with E-state index in [0.717, 1.165) is 24.2 Å². The highest BCUT2D eigenvalue weighted by Gasteiger charge is 2.20. The lowest BCUT2D eigenvalue weighted by Crippen LogP contribution is -2.10. The van der Waals surface area contributed by atoms with Crippen LogP contribution in [0.3, 0.4) is 0 Å². The van der Waals surface area contributed by atoms with Crippen molar-refractivity contribution < 1.29 is 0 Å². The smallest absolute Gasteiger partial charge is 0.0546 e. The first-order valence-corrected chi connectivity index (χ1v) is 17.0. The molecule has 48 heavy (non-hydrogen) atoms. The molecule has 232 valence electrons. The molecule has 8 rings (SSSR count). The van der Waals surface area contributed by atoms with Crippen LogP contribution in [0.1, 0.15) is 40.2 Å². The van der Waals surface area contributed by atoms with E-state index >= 15 is 0 Å². The molecule has 1 unspecified atom stereocenters. The van der Waals surface area contributed by atoms with Crippen LogP contribution in [0.5, 0.6) is 0 Å². The molecule has 0 amide bonds. The van der Waals surface area contributed by atoms with Crippen LogP contribution in [0, 0.1) is 13.8 Å². The third-order valence-corrected chi connectivity index (χ3v) is 9.88. The molecule has 1 nitrogen and oxygen atoms in total. The van der Waals surface area contributed by atoms with Crippen LogP contribution in [0.4, 0.5) is 17.1 Å². The van der Waals surface area contributed by atoms with Crippen LogP contribution in [0.25, 0.3) is 32.3 Å². The van der Waals surface area contributed by atoms with Crippen molar-refractivity contribution in [2.24, 2.45) is 0 Å². The van der Waals surface area contributed by atoms with Gasteiger partial charge in [-0.3, -0.25) is 0 Å². The van der Waals surface area contributed by atoms with Crippen LogP contribution >= 0.6 is 0 Å². The monoisotopic (exact) mass is 617 g/mol. The SMILES string of the molecule is Cc1ccc(C(CCc2cc3c4ccccc4c(N(c4ccccc4)c4ccc(C)cc4)cc3c3ccccc23)c2ccccc2)cc1. The second kappa shape index (κ2) is 12.9. The van der Waals surface area contributed by atoms with Gasteiger partial charge in [-0.2, -0.15) is 0 Å². The van der Waals surface area contributed by atoms with Crippen molar-refractivity contribution >= 4 is 49.4 Å². The molecular formula is C47H39N. The number of hydrogen-bond donors (Lipinski definition) is 0. The fourth-order valence-corrected chi connectivity index (χ4v) is 7.41. The number of para-hydroxylation sites is 1. The fraction of sp³-hybridized carbons (Fsp3) is 0.106. The van der Waals surface area contributed by atoms with Crippen LogP contribution in [-0.4, -0.2) is 0 Å². The maximum Gasteiger partial charge on any atom is 0.0546 e. The van der Waals surface area contributed by atoms with Gasteiger partial charge in [0.05, 0.1) is 5.69 Å². The zero-order valence-corrected chi connectivity index (χ0v) is 27.6. The topological polar surface area (TPSA) is 3.24 Å². The maximum absolute atomic E-state index is 2.49. The Balaban J connectivity index is 1.31. The Labute approximate surface area is 283 Å². The average Bonchev–Trinajstić information content (AvgIpc) is 3.14. The maximum atomic E-state index is 2.49. The molecule has 0 aliphatic carbocycles. The number of anilines is 3. The Morgan fingerprint density at radius 1 is 0.417 bits per heavy atom. The number of aryl methyl sites for hydroxylation is 3. The van der Waals surface area contributed by atoms with Crippen molar-refractivity contribution in [1.82, 2.24) is 0 Å². The molecule has 8 aromatic carbocycles. The summed E-state index contributed by atoms with van der Waals surface area (Å²) in [6.07, 6.45) is 2.02. The van der Waals surface area contributed by atoms with Crippen molar-refractivity contribution in [2.75, 3.05) is 4.90 Å². The minimum absolute atomic E-state index is 0.328. The van der Waals surface area contributed by atoms with E-state index in [9.17, 15) is 0 Å². The van der Waals surface area contributed by atoms with E-state index in [1.165, 1.54) is 65.8 Å². The van der Waals surface area contributed by atoms with Crippen LogP contribution in [0.2, 0.25) is 0 Å². The molecular weight excluding hydrogens is 579 g/mol. The van der Waals surface area contributed by atoms with Gasteiger partial charge in [0.1, 0.15) is 0 Å². The highest BCUT2D eigenvalue weighted by atomic mass is 15.1. The summed E-state index contributed by atoms with van der Waals surface area (Å²) in [5.41, 5.74) is 10.2. The molecule has 1 atom stereocenters. The first-order valence-electron chi connectivity index (χ1n) is 17.0. The van der Waals surface area contributed by atoms with E-state index in [1.54, 1.807) is 0 Å². The van der Waals surface area contributed by atoms with Crippen molar-refractivity contribution in [2.45, 2.75) is 32.6 Å². The molecule has 0 N–H and O–H groups in total. The van der Waals surface area contributed by atoms with Crippen LogP contribution in [0.15, 0.2) is 170 Å². The lowest BCUT2D eigenvalue weighted by molar-refractivity contribution is 0.718. The van der Waals surface area contributed by atoms with Gasteiger partial charge in [-0.1, -0.05) is 145 Å². The molecule has 0 aliphatic rings. The Hall–Kier alpha value is -5.66. The predicted molar refractivity (Wildman–Crippen MR) is 206 cm³/mol. The molecule has 0 fully saturated rings. The van der Waals surface area contributed by atoms with Crippen LogP contribution in [-0.2, 0) is 6.42 Å². The molecule has 0 saturated carbocycles.